The molecule has 2 rings (SSSR count). The Hall–Kier alpha value is -2.14. The van der Waals surface area contributed by atoms with E-state index in [9.17, 15) is 4.79 Å². The molecule has 0 aliphatic heterocycles. The van der Waals surface area contributed by atoms with Gasteiger partial charge in [0, 0.05) is 36.3 Å². The van der Waals surface area contributed by atoms with Crippen molar-refractivity contribution in [3.63, 3.8) is 0 Å². The lowest BCUT2D eigenvalue weighted by atomic mass is 10.0. The van der Waals surface area contributed by atoms with E-state index in [2.05, 4.69) is 15.5 Å². The average molecular weight is 272 g/mol. The molecule has 106 valence electrons. The number of benzene rings is 1. The third-order valence-corrected chi connectivity index (χ3v) is 3.31. The molecule has 0 aliphatic carbocycles. The van der Waals surface area contributed by atoms with E-state index in [0.717, 1.165) is 23.4 Å². The number of nitrogens with zero attached hydrogens (tertiary/aromatic N) is 1. The third-order valence-electron chi connectivity index (χ3n) is 3.31. The lowest BCUT2D eigenvalue weighted by Gasteiger charge is -2.06. The zero-order chi connectivity index (χ0) is 14.5. The van der Waals surface area contributed by atoms with Crippen LogP contribution in [0.2, 0.25) is 0 Å². The van der Waals surface area contributed by atoms with Crippen LogP contribution in [0.4, 0.5) is 0 Å². The Bertz CT molecular complexity index is 567. The second-order valence-electron chi connectivity index (χ2n) is 4.83. The molecule has 0 fully saturated rings. The molecule has 2 aromatic rings. The fourth-order valence-electron chi connectivity index (χ4n) is 2.10. The van der Waals surface area contributed by atoms with Crippen LogP contribution in [-0.2, 0) is 6.42 Å². The predicted molar refractivity (Wildman–Crippen MR) is 78.7 cm³/mol. The minimum atomic E-state index is -0.0855. The molecule has 0 spiro atoms. The van der Waals surface area contributed by atoms with Crippen LogP contribution in [0.15, 0.2) is 24.3 Å². The molecule has 4 N–H and O–H groups in total. The van der Waals surface area contributed by atoms with Gasteiger partial charge in [0.2, 0.25) is 0 Å². The van der Waals surface area contributed by atoms with Crippen molar-refractivity contribution < 1.29 is 4.79 Å². The van der Waals surface area contributed by atoms with Crippen molar-refractivity contribution in [3.8, 4) is 0 Å². The van der Waals surface area contributed by atoms with Crippen LogP contribution in [-0.4, -0.2) is 29.2 Å². The van der Waals surface area contributed by atoms with Crippen molar-refractivity contribution in [2.75, 3.05) is 13.1 Å². The summed E-state index contributed by atoms with van der Waals surface area (Å²) in [7, 11) is 0. The van der Waals surface area contributed by atoms with E-state index in [-0.39, 0.29) is 5.91 Å². The van der Waals surface area contributed by atoms with Gasteiger partial charge in [-0.3, -0.25) is 9.89 Å². The second-order valence-corrected chi connectivity index (χ2v) is 4.83. The Labute approximate surface area is 118 Å². The number of amides is 1. The van der Waals surface area contributed by atoms with Crippen molar-refractivity contribution >= 4 is 5.91 Å². The summed E-state index contributed by atoms with van der Waals surface area (Å²) in [6.45, 7) is 4.95. The van der Waals surface area contributed by atoms with Gasteiger partial charge in [-0.15, -0.1) is 0 Å². The first-order valence-corrected chi connectivity index (χ1v) is 6.69. The van der Waals surface area contributed by atoms with E-state index in [1.165, 1.54) is 5.56 Å². The summed E-state index contributed by atoms with van der Waals surface area (Å²) in [5.41, 5.74) is 10.5. The quantitative estimate of drug-likeness (QED) is 0.767. The fourth-order valence-corrected chi connectivity index (χ4v) is 2.10. The summed E-state index contributed by atoms with van der Waals surface area (Å²) in [5.74, 6) is -0.0855. The number of aryl methyl sites for hydroxylation is 2. The molecule has 0 radical (unpaired) electrons. The maximum absolute atomic E-state index is 11.8. The maximum atomic E-state index is 11.8. The molecule has 1 aromatic carbocycles. The Balaban J connectivity index is 2.07. The lowest BCUT2D eigenvalue weighted by molar-refractivity contribution is 0.0955. The number of nitrogens with one attached hydrogen (secondary N) is 2. The van der Waals surface area contributed by atoms with Gasteiger partial charge in [0.25, 0.3) is 5.91 Å². The minimum absolute atomic E-state index is 0.0855. The molecule has 0 atom stereocenters. The lowest BCUT2D eigenvalue weighted by Crippen LogP contribution is -2.28. The molecule has 0 bridgehead atoms. The Morgan fingerprint density at radius 3 is 2.55 bits per heavy atom. The summed E-state index contributed by atoms with van der Waals surface area (Å²) in [6, 6.07) is 7.63. The molecule has 5 heteroatoms. The Morgan fingerprint density at radius 2 is 2.00 bits per heavy atom. The van der Waals surface area contributed by atoms with Crippen LogP contribution in [0, 0.1) is 13.8 Å². The first-order chi connectivity index (χ1) is 9.61. The number of rotatable bonds is 5. The number of carbonyl (C=O) groups is 1. The van der Waals surface area contributed by atoms with Gasteiger partial charge in [-0.2, -0.15) is 5.10 Å². The standard InChI is InChI=1S/C15H20N4O/c1-10-14(11(2)19-18-10)9-12-3-5-13(6-4-12)15(20)17-8-7-16/h3-6H,7-9,16H2,1-2H3,(H,17,20)(H,18,19). The molecule has 0 saturated carbocycles. The number of aromatic nitrogens is 2. The summed E-state index contributed by atoms with van der Waals surface area (Å²) < 4.78 is 0. The molecular formula is C15H20N4O. The number of hydrogen-bond donors (Lipinski definition) is 3. The summed E-state index contributed by atoms with van der Waals surface area (Å²) >= 11 is 0. The van der Waals surface area contributed by atoms with Gasteiger partial charge < -0.3 is 11.1 Å². The SMILES string of the molecule is Cc1n[nH]c(C)c1Cc1ccc(C(=O)NCCN)cc1. The van der Waals surface area contributed by atoms with E-state index in [1.807, 2.05) is 38.1 Å². The number of aromatic amines is 1. The van der Waals surface area contributed by atoms with E-state index in [4.69, 9.17) is 5.73 Å². The monoisotopic (exact) mass is 272 g/mol. The summed E-state index contributed by atoms with van der Waals surface area (Å²) in [6.07, 6.45) is 0.818. The van der Waals surface area contributed by atoms with Crippen LogP contribution in [0.3, 0.4) is 0 Å². The molecule has 1 heterocycles. The van der Waals surface area contributed by atoms with Crippen molar-refractivity contribution in [2.24, 2.45) is 5.73 Å². The number of carbonyl (C=O) groups excluding carboxylic acids is 1. The van der Waals surface area contributed by atoms with Crippen LogP contribution in [0.5, 0.6) is 0 Å². The van der Waals surface area contributed by atoms with Gasteiger partial charge in [-0.25, -0.2) is 0 Å². The Kier molecular flexibility index (Phi) is 4.53. The van der Waals surface area contributed by atoms with Gasteiger partial charge in [0.1, 0.15) is 0 Å². The van der Waals surface area contributed by atoms with Crippen molar-refractivity contribution in [1.82, 2.24) is 15.5 Å². The predicted octanol–water partition coefficient (Wildman–Crippen LogP) is 1.31. The Morgan fingerprint density at radius 1 is 1.30 bits per heavy atom. The highest BCUT2D eigenvalue weighted by molar-refractivity contribution is 5.94. The zero-order valence-electron chi connectivity index (χ0n) is 11.9. The molecule has 5 nitrogen and oxygen atoms in total. The molecule has 1 aromatic heterocycles. The van der Waals surface area contributed by atoms with Crippen LogP contribution in [0.1, 0.15) is 32.9 Å². The van der Waals surface area contributed by atoms with Crippen LogP contribution in [0.25, 0.3) is 0 Å². The molecule has 20 heavy (non-hydrogen) atoms. The number of hydrogen-bond acceptors (Lipinski definition) is 3. The number of nitrogens with two attached hydrogens (primary N) is 1. The van der Waals surface area contributed by atoms with E-state index >= 15 is 0 Å². The van der Waals surface area contributed by atoms with E-state index in [0.29, 0.717) is 18.7 Å². The van der Waals surface area contributed by atoms with Crippen molar-refractivity contribution in [3.05, 3.63) is 52.3 Å². The molecule has 1 amide bonds. The first-order valence-electron chi connectivity index (χ1n) is 6.69. The van der Waals surface area contributed by atoms with Crippen LogP contribution >= 0.6 is 0 Å². The smallest absolute Gasteiger partial charge is 0.251 e. The second kappa shape index (κ2) is 6.34. The van der Waals surface area contributed by atoms with Gasteiger partial charge >= 0.3 is 0 Å². The third kappa shape index (κ3) is 3.24. The topological polar surface area (TPSA) is 83.8 Å². The maximum Gasteiger partial charge on any atom is 0.251 e. The van der Waals surface area contributed by atoms with Gasteiger partial charge in [-0.05, 0) is 31.5 Å². The van der Waals surface area contributed by atoms with Gasteiger partial charge in [0.15, 0.2) is 0 Å². The van der Waals surface area contributed by atoms with E-state index in [1.54, 1.807) is 0 Å². The largest absolute Gasteiger partial charge is 0.351 e. The zero-order valence-corrected chi connectivity index (χ0v) is 11.9. The fraction of sp³-hybridized carbons (Fsp3) is 0.333. The molecule has 0 aliphatic rings. The molecule has 0 saturated heterocycles. The molecular weight excluding hydrogens is 252 g/mol. The highest BCUT2D eigenvalue weighted by atomic mass is 16.1. The molecule has 0 unspecified atom stereocenters. The summed E-state index contributed by atoms with van der Waals surface area (Å²) in [4.78, 5) is 11.8. The first kappa shape index (κ1) is 14.3. The van der Waals surface area contributed by atoms with E-state index < -0.39 is 0 Å². The van der Waals surface area contributed by atoms with Crippen LogP contribution < -0.4 is 11.1 Å². The average Bonchev–Trinajstić information content (AvgIpc) is 2.77. The van der Waals surface area contributed by atoms with Gasteiger partial charge in [-0.1, -0.05) is 12.1 Å². The highest BCUT2D eigenvalue weighted by Crippen LogP contribution is 2.16. The summed E-state index contributed by atoms with van der Waals surface area (Å²) in [5, 5.41) is 9.93. The normalized spacial score (nSPS) is 10.6. The highest BCUT2D eigenvalue weighted by Gasteiger charge is 2.08. The number of H-pyrrole nitrogens is 1. The van der Waals surface area contributed by atoms with Crippen molar-refractivity contribution in [1.29, 1.82) is 0 Å². The minimum Gasteiger partial charge on any atom is -0.351 e. The van der Waals surface area contributed by atoms with Gasteiger partial charge in [0.05, 0.1) is 5.69 Å². The van der Waals surface area contributed by atoms with Crippen molar-refractivity contribution in [2.45, 2.75) is 20.3 Å².